The normalized spacial score (nSPS) is 15.8. The summed E-state index contributed by atoms with van der Waals surface area (Å²) in [4.78, 5) is 33.7. The number of hydrogen-bond acceptors (Lipinski definition) is 7. The van der Waals surface area contributed by atoms with Gasteiger partial charge in [0, 0.05) is 59.0 Å². The maximum Gasteiger partial charge on any atom is 0.254 e. The number of amides is 2. The number of halogens is 2. The molecule has 0 bridgehead atoms. The molecule has 7 rings (SSSR count). The Bertz CT molecular complexity index is 2070. The lowest BCUT2D eigenvalue weighted by molar-refractivity contribution is -0.129. The van der Waals surface area contributed by atoms with Crippen molar-refractivity contribution in [2.45, 2.75) is 26.1 Å². The monoisotopic (exact) mass is 641 g/mol. The van der Waals surface area contributed by atoms with Gasteiger partial charge in [0.2, 0.25) is 5.91 Å². The molecular formula is C34H29F2N5O4S. The third kappa shape index (κ3) is 4.76. The summed E-state index contributed by atoms with van der Waals surface area (Å²) in [5, 5.41) is 17.0. The summed E-state index contributed by atoms with van der Waals surface area (Å²) < 4.78 is 38.7. The molecule has 0 radical (unpaired) electrons. The molecule has 2 aromatic carbocycles. The lowest BCUT2D eigenvalue weighted by Gasteiger charge is -2.33. The van der Waals surface area contributed by atoms with Crippen molar-refractivity contribution >= 4 is 33.2 Å². The van der Waals surface area contributed by atoms with Gasteiger partial charge in [-0.3, -0.25) is 14.3 Å². The molecule has 0 fully saturated rings. The summed E-state index contributed by atoms with van der Waals surface area (Å²) in [5.41, 5.74) is 4.83. The number of fused-ring (bicyclic) bond motifs is 3. The molecule has 46 heavy (non-hydrogen) atoms. The van der Waals surface area contributed by atoms with E-state index in [9.17, 15) is 19.1 Å². The van der Waals surface area contributed by atoms with Crippen molar-refractivity contribution < 1.29 is 28.2 Å². The second-order valence-electron chi connectivity index (χ2n) is 11.3. The van der Waals surface area contributed by atoms with Crippen molar-refractivity contribution in [1.82, 2.24) is 24.6 Å². The zero-order valence-electron chi connectivity index (χ0n) is 25.1. The number of carbonyl (C=O) groups is 2. The molecule has 3 aromatic heterocycles. The van der Waals surface area contributed by atoms with E-state index in [1.54, 1.807) is 22.9 Å². The summed E-state index contributed by atoms with van der Waals surface area (Å²) in [6.07, 6.45) is 1.28. The van der Waals surface area contributed by atoms with Crippen LogP contribution in [0.1, 0.15) is 34.6 Å². The van der Waals surface area contributed by atoms with E-state index < -0.39 is 11.6 Å². The van der Waals surface area contributed by atoms with Gasteiger partial charge in [-0.15, -0.1) is 11.3 Å². The highest BCUT2D eigenvalue weighted by Crippen LogP contribution is 2.47. The van der Waals surface area contributed by atoms with Gasteiger partial charge in [0.25, 0.3) is 5.91 Å². The Morgan fingerprint density at radius 2 is 1.98 bits per heavy atom. The summed E-state index contributed by atoms with van der Waals surface area (Å²) in [7, 11) is 1.75. The Morgan fingerprint density at radius 1 is 1.15 bits per heavy atom. The minimum Gasteiger partial charge on any atom is -0.490 e. The van der Waals surface area contributed by atoms with Gasteiger partial charge in [0.05, 0.1) is 36.1 Å². The predicted molar refractivity (Wildman–Crippen MR) is 170 cm³/mol. The Labute approximate surface area is 267 Å². The molecule has 5 heterocycles. The van der Waals surface area contributed by atoms with Gasteiger partial charge < -0.3 is 19.6 Å². The van der Waals surface area contributed by atoms with Crippen LogP contribution in [0.15, 0.2) is 60.5 Å². The first-order valence-electron chi connectivity index (χ1n) is 14.7. The van der Waals surface area contributed by atoms with Gasteiger partial charge in [0.15, 0.2) is 0 Å². The first-order chi connectivity index (χ1) is 22.2. The van der Waals surface area contributed by atoms with Crippen molar-refractivity contribution in [2.75, 3.05) is 26.8 Å². The Hall–Kier alpha value is -4.94. The number of benzene rings is 2. The second-order valence-corrected chi connectivity index (χ2v) is 12.2. The molecule has 2 amide bonds. The van der Waals surface area contributed by atoms with E-state index in [-0.39, 0.29) is 42.4 Å². The minimum absolute atomic E-state index is 0.00000640. The van der Waals surface area contributed by atoms with E-state index in [4.69, 9.17) is 14.8 Å². The van der Waals surface area contributed by atoms with E-state index in [0.717, 1.165) is 34.3 Å². The van der Waals surface area contributed by atoms with Crippen LogP contribution in [0.2, 0.25) is 0 Å². The van der Waals surface area contributed by atoms with E-state index in [1.807, 2.05) is 41.3 Å². The summed E-state index contributed by atoms with van der Waals surface area (Å²) in [6, 6.07) is 10.9. The molecule has 1 N–H and O–H groups in total. The van der Waals surface area contributed by atoms with Gasteiger partial charge in [-0.25, -0.2) is 13.8 Å². The van der Waals surface area contributed by atoms with Gasteiger partial charge in [-0.05, 0) is 48.2 Å². The van der Waals surface area contributed by atoms with Gasteiger partial charge in [-0.1, -0.05) is 12.6 Å². The number of ether oxygens (including phenoxy) is 1. The SMILES string of the molecule is C=CC(=O)N1CCn2nc(-c3nc(-c4ccc5c(c4)CN(C)C5=O)c4ccsc4c3-c3c(F)cc(F)cc3OCCO)cc2C1C. The number of aliphatic hydroxyl groups excluding tert-OH is 1. The fraction of sp³-hybridized carbons (Fsp3) is 0.235. The Kier molecular flexibility index (Phi) is 7.41. The highest BCUT2D eigenvalue weighted by Gasteiger charge is 2.32. The summed E-state index contributed by atoms with van der Waals surface area (Å²) >= 11 is 1.37. The maximum atomic E-state index is 15.9. The van der Waals surface area contributed by atoms with Crippen LogP contribution in [0.4, 0.5) is 8.78 Å². The molecule has 2 aliphatic heterocycles. The van der Waals surface area contributed by atoms with E-state index >= 15 is 4.39 Å². The lowest BCUT2D eigenvalue weighted by atomic mass is 9.95. The van der Waals surface area contributed by atoms with Crippen molar-refractivity contribution in [1.29, 1.82) is 0 Å². The average Bonchev–Trinajstić information content (AvgIpc) is 3.77. The van der Waals surface area contributed by atoms with Crippen LogP contribution >= 0.6 is 11.3 Å². The number of nitrogens with zero attached hydrogens (tertiary/aromatic N) is 5. The van der Waals surface area contributed by atoms with Gasteiger partial charge in [-0.2, -0.15) is 5.10 Å². The molecule has 1 atom stereocenters. The minimum atomic E-state index is -0.849. The standard InChI is InChI=1S/C34H29F2N5O4S/c1-4-28(43)40-8-9-41-26(18(40)2)16-25(38-41)32-30(29-24(36)14-21(35)15-27(29)45-11-10-42)33-23(7-12-46-33)31(37-32)19-5-6-22-20(13-19)17-39(3)34(22)44/h4-7,12-16,18,42H,1,8-11,17H2,2-3H3. The van der Waals surface area contributed by atoms with E-state index in [2.05, 4.69) is 6.58 Å². The van der Waals surface area contributed by atoms with Gasteiger partial charge in [0.1, 0.15) is 35.4 Å². The van der Waals surface area contributed by atoms with Crippen molar-refractivity contribution in [3.63, 3.8) is 0 Å². The quantitative estimate of drug-likeness (QED) is 0.225. The first-order valence-corrected chi connectivity index (χ1v) is 15.6. The molecule has 0 spiro atoms. The zero-order chi connectivity index (χ0) is 32.3. The van der Waals surface area contributed by atoms with Crippen LogP contribution in [0.25, 0.3) is 43.9 Å². The molecule has 0 aliphatic carbocycles. The number of pyridine rings is 1. The maximum absolute atomic E-state index is 15.9. The third-order valence-corrected chi connectivity index (χ3v) is 9.48. The van der Waals surface area contributed by atoms with Crippen LogP contribution in [0.5, 0.6) is 5.75 Å². The Balaban J connectivity index is 1.50. The number of rotatable bonds is 7. The highest BCUT2D eigenvalue weighted by molar-refractivity contribution is 7.18. The van der Waals surface area contributed by atoms with Crippen LogP contribution in [0, 0.1) is 11.6 Å². The van der Waals surface area contributed by atoms with Crippen LogP contribution in [0.3, 0.4) is 0 Å². The molecule has 2 aliphatic rings. The molecule has 9 nitrogen and oxygen atoms in total. The van der Waals surface area contributed by atoms with E-state index in [1.165, 1.54) is 17.4 Å². The predicted octanol–water partition coefficient (Wildman–Crippen LogP) is 5.82. The average molecular weight is 642 g/mol. The van der Waals surface area contributed by atoms with Crippen molar-refractivity contribution in [3.05, 3.63) is 89.0 Å². The van der Waals surface area contributed by atoms with Crippen molar-refractivity contribution in [2.24, 2.45) is 0 Å². The molecule has 1 unspecified atom stereocenters. The number of aromatic nitrogens is 3. The lowest BCUT2D eigenvalue weighted by Crippen LogP contribution is -2.40. The third-order valence-electron chi connectivity index (χ3n) is 8.55. The van der Waals surface area contributed by atoms with Crippen LogP contribution in [-0.4, -0.2) is 68.3 Å². The van der Waals surface area contributed by atoms with Crippen molar-refractivity contribution in [3.8, 4) is 39.5 Å². The molecule has 234 valence electrons. The fourth-order valence-corrected chi connectivity index (χ4v) is 7.32. The molecule has 5 aromatic rings. The van der Waals surface area contributed by atoms with Crippen LogP contribution in [-0.2, 0) is 17.9 Å². The molecule has 0 saturated carbocycles. The summed E-state index contributed by atoms with van der Waals surface area (Å²) in [6.45, 7) is 6.35. The second kappa shape index (κ2) is 11.5. The number of thiophene rings is 1. The van der Waals surface area contributed by atoms with Crippen LogP contribution < -0.4 is 4.74 Å². The molecular weight excluding hydrogens is 612 g/mol. The molecule has 0 saturated heterocycles. The smallest absolute Gasteiger partial charge is 0.254 e. The molecule has 12 heteroatoms. The Morgan fingerprint density at radius 3 is 2.76 bits per heavy atom. The van der Waals surface area contributed by atoms with Gasteiger partial charge >= 0.3 is 0 Å². The topological polar surface area (TPSA) is 101 Å². The highest BCUT2D eigenvalue weighted by atomic mass is 32.1. The number of hydrogen-bond donors (Lipinski definition) is 1. The summed E-state index contributed by atoms with van der Waals surface area (Å²) in [5.74, 6) is -1.98. The van der Waals surface area contributed by atoms with E-state index in [0.29, 0.717) is 52.5 Å². The fourth-order valence-electron chi connectivity index (χ4n) is 6.37. The number of aliphatic hydroxyl groups is 1. The zero-order valence-corrected chi connectivity index (χ0v) is 25.9. The first kappa shape index (κ1) is 29.8. The largest absolute Gasteiger partial charge is 0.490 e. The number of carbonyl (C=O) groups excluding carboxylic acids is 2.